The highest BCUT2D eigenvalue weighted by molar-refractivity contribution is 6.01. The van der Waals surface area contributed by atoms with Crippen molar-refractivity contribution in [1.29, 1.82) is 0 Å². The second kappa shape index (κ2) is 5.65. The molecule has 4 nitrogen and oxygen atoms in total. The van der Waals surface area contributed by atoms with Gasteiger partial charge in [-0.2, -0.15) is 0 Å². The average Bonchev–Trinajstić information content (AvgIpc) is 2.86. The highest BCUT2D eigenvalue weighted by Gasteiger charge is 2.30. The van der Waals surface area contributed by atoms with Crippen molar-refractivity contribution in [1.82, 2.24) is 4.90 Å². The molecule has 0 aromatic heterocycles. The molecule has 0 saturated heterocycles. The van der Waals surface area contributed by atoms with Gasteiger partial charge in [0.2, 0.25) is 5.91 Å². The van der Waals surface area contributed by atoms with Gasteiger partial charge in [-0.1, -0.05) is 41.9 Å². The lowest BCUT2D eigenvalue weighted by molar-refractivity contribution is -0.138. The maximum absolute atomic E-state index is 12.1. The van der Waals surface area contributed by atoms with Crippen molar-refractivity contribution in [3.05, 3.63) is 35.9 Å². The van der Waals surface area contributed by atoms with Crippen LogP contribution in [0.15, 0.2) is 35.5 Å². The van der Waals surface area contributed by atoms with E-state index in [2.05, 4.69) is 5.16 Å². The van der Waals surface area contributed by atoms with Crippen LogP contribution < -0.4 is 0 Å². The molecule has 1 aromatic carbocycles. The molecule has 3 rings (SSSR count). The van der Waals surface area contributed by atoms with E-state index in [0.29, 0.717) is 6.54 Å². The fraction of sp³-hybridized carbons (Fsp3) is 0.500. The summed E-state index contributed by atoms with van der Waals surface area (Å²) in [5.74, 6) is 0.504. The van der Waals surface area contributed by atoms with E-state index in [1.165, 1.54) is 6.42 Å². The molecular weight excluding hydrogens is 252 g/mol. The van der Waals surface area contributed by atoms with Crippen LogP contribution in [0, 0.1) is 5.92 Å². The van der Waals surface area contributed by atoms with E-state index in [1.807, 2.05) is 37.4 Å². The number of likely N-dealkylation sites (N-methyl/N-ethyl adjacent to an activating group) is 1. The van der Waals surface area contributed by atoms with Crippen LogP contribution in [-0.4, -0.2) is 36.2 Å². The van der Waals surface area contributed by atoms with Gasteiger partial charge in [0.15, 0.2) is 6.10 Å². The molecule has 1 aliphatic heterocycles. The summed E-state index contributed by atoms with van der Waals surface area (Å²) in [5, 5.41) is 4.16. The number of hydrogen-bond acceptors (Lipinski definition) is 3. The highest BCUT2D eigenvalue weighted by Crippen LogP contribution is 2.28. The third-order valence-corrected chi connectivity index (χ3v) is 4.15. The molecule has 20 heavy (non-hydrogen) atoms. The second-order valence-corrected chi connectivity index (χ2v) is 5.68. The lowest BCUT2D eigenvalue weighted by Gasteiger charge is -2.30. The molecular formula is C16H20N2O2. The summed E-state index contributed by atoms with van der Waals surface area (Å²) in [6.07, 6.45) is 4.03. The van der Waals surface area contributed by atoms with Gasteiger partial charge in [0, 0.05) is 19.4 Å². The molecule has 1 aliphatic carbocycles. The Labute approximate surface area is 119 Å². The highest BCUT2D eigenvalue weighted by atomic mass is 16.6. The fourth-order valence-electron chi connectivity index (χ4n) is 2.69. The van der Waals surface area contributed by atoms with Crippen molar-refractivity contribution in [2.75, 3.05) is 13.6 Å². The summed E-state index contributed by atoms with van der Waals surface area (Å²) in [6, 6.07) is 10.1. The zero-order valence-corrected chi connectivity index (χ0v) is 11.8. The first-order valence-corrected chi connectivity index (χ1v) is 7.27. The Morgan fingerprint density at radius 1 is 1.35 bits per heavy atom. The zero-order chi connectivity index (χ0) is 13.9. The monoisotopic (exact) mass is 272 g/mol. The van der Waals surface area contributed by atoms with Gasteiger partial charge >= 0.3 is 0 Å². The number of rotatable bonds is 4. The predicted octanol–water partition coefficient (Wildman–Crippen LogP) is 2.44. The quantitative estimate of drug-likeness (QED) is 0.844. The van der Waals surface area contributed by atoms with E-state index in [0.717, 1.165) is 30.5 Å². The minimum absolute atomic E-state index is 0.0146. The van der Waals surface area contributed by atoms with Crippen LogP contribution >= 0.6 is 0 Å². The minimum atomic E-state index is -0.0146. The van der Waals surface area contributed by atoms with Gasteiger partial charge in [-0.15, -0.1) is 0 Å². The maximum Gasteiger partial charge on any atom is 0.225 e. The molecule has 1 saturated carbocycles. The molecule has 106 valence electrons. The first-order chi connectivity index (χ1) is 9.74. The number of hydrogen-bond donors (Lipinski definition) is 0. The Morgan fingerprint density at radius 2 is 2.10 bits per heavy atom. The smallest absolute Gasteiger partial charge is 0.225 e. The maximum atomic E-state index is 12.1. The number of amides is 1. The first kappa shape index (κ1) is 13.2. The lowest BCUT2D eigenvalue weighted by atomic mass is 9.84. The van der Waals surface area contributed by atoms with Crippen molar-refractivity contribution in [2.24, 2.45) is 11.1 Å². The first-order valence-electron chi connectivity index (χ1n) is 7.27. The summed E-state index contributed by atoms with van der Waals surface area (Å²) in [5.41, 5.74) is 2.07. The summed E-state index contributed by atoms with van der Waals surface area (Å²) < 4.78 is 0. The molecule has 0 unspecified atom stereocenters. The van der Waals surface area contributed by atoms with Crippen LogP contribution in [0.2, 0.25) is 0 Å². The Balaban J connectivity index is 1.53. The molecule has 1 fully saturated rings. The van der Waals surface area contributed by atoms with E-state index in [-0.39, 0.29) is 17.9 Å². The van der Waals surface area contributed by atoms with Gasteiger partial charge in [-0.25, -0.2) is 0 Å². The van der Waals surface area contributed by atoms with Gasteiger partial charge in [-0.3, -0.25) is 4.79 Å². The van der Waals surface area contributed by atoms with Gasteiger partial charge in [0.1, 0.15) is 0 Å². The summed E-state index contributed by atoms with van der Waals surface area (Å²) in [7, 11) is 1.87. The number of carbonyl (C=O) groups excluding carboxylic acids is 1. The molecule has 1 aromatic rings. The van der Waals surface area contributed by atoms with Gasteiger partial charge < -0.3 is 9.74 Å². The Kier molecular flexibility index (Phi) is 3.72. The number of benzene rings is 1. The van der Waals surface area contributed by atoms with E-state index < -0.39 is 0 Å². The largest absolute Gasteiger partial charge is 0.390 e. The number of oxime groups is 1. The normalized spacial score (nSPS) is 21.9. The molecule has 0 bridgehead atoms. The van der Waals surface area contributed by atoms with Gasteiger partial charge in [0.05, 0.1) is 12.3 Å². The number of carbonyl (C=O) groups is 1. The summed E-state index contributed by atoms with van der Waals surface area (Å²) in [6.45, 7) is 0.620. The summed E-state index contributed by atoms with van der Waals surface area (Å²) >= 11 is 0. The van der Waals surface area contributed by atoms with E-state index in [9.17, 15) is 4.79 Å². The van der Waals surface area contributed by atoms with Crippen LogP contribution in [-0.2, 0) is 9.63 Å². The molecule has 0 spiro atoms. The van der Waals surface area contributed by atoms with Crippen LogP contribution in [0.3, 0.4) is 0 Å². The second-order valence-electron chi connectivity index (χ2n) is 5.68. The average molecular weight is 272 g/mol. The standard InChI is InChI=1S/C16H20N2O2/c1-18(16(19)13-8-5-9-13)11-14-10-15(17-20-14)12-6-3-2-4-7-12/h2-4,6-7,13-14H,5,8-11H2,1H3/t14-/m1/s1. The van der Waals surface area contributed by atoms with E-state index >= 15 is 0 Å². The van der Waals surface area contributed by atoms with E-state index in [1.54, 1.807) is 4.90 Å². The van der Waals surface area contributed by atoms with Crippen molar-refractivity contribution in [3.8, 4) is 0 Å². The van der Waals surface area contributed by atoms with Crippen LogP contribution in [0.5, 0.6) is 0 Å². The molecule has 1 heterocycles. The third kappa shape index (κ3) is 2.69. The van der Waals surface area contributed by atoms with Gasteiger partial charge in [-0.05, 0) is 18.4 Å². The molecule has 1 atom stereocenters. The Hall–Kier alpha value is -1.84. The molecule has 0 N–H and O–H groups in total. The molecule has 1 amide bonds. The SMILES string of the molecule is CN(C[C@H]1CC(c2ccccc2)=NO1)C(=O)C1CCC1. The van der Waals surface area contributed by atoms with Crippen LogP contribution in [0.1, 0.15) is 31.2 Å². The van der Waals surface area contributed by atoms with Crippen molar-refractivity contribution in [2.45, 2.75) is 31.8 Å². The van der Waals surface area contributed by atoms with Crippen molar-refractivity contribution in [3.63, 3.8) is 0 Å². The summed E-state index contributed by atoms with van der Waals surface area (Å²) in [4.78, 5) is 19.4. The minimum Gasteiger partial charge on any atom is -0.390 e. The number of nitrogens with zero attached hydrogens (tertiary/aromatic N) is 2. The van der Waals surface area contributed by atoms with Crippen LogP contribution in [0.25, 0.3) is 0 Å². The Morgan fingerprint density at radius 3 is 2.75 bits per heavy atom. The predicted molar refractivity (Wildman–Crippen MR) is 77.4 cm³/mol. The van der Waals surface area contributed by atoms with E-state index in [4.69, 9.17) is 4.84 Å². The topological polar surface area (TPSA) is 41.9 Å². The van der Waals surface area contributed by atoms with Gasteiger partial charge in [0.25, 0.3) is 0 Å². The van der Waals surface area contributed by atoms with Crippen molar-refractivity contribution < 1.29 is 9.63 Å². The molecule has 0 radical (unpaired) electrons. The lowest BCUT2D eigenvalue weighted by Crippen LogP contribution is -2.40. The fourth-order valence-corrected chi connectivity index (χ4v) is 2.69. The molecule has 4 heteroatoms. The third-order valence-electron chi connectivity index (χ3n) is 4.15. The zero-order valence-electron chi connectivity index (χ0n) is 11.8. The van der Waals surface area contributed by atoms with Crippen LogP contribution in [0.4, 0.5) is 0 Å². The Bertz CT molecular complexity index is 508. The molecule has 2 aliphatic rings. The van der Waals surface area contributed by atoms with Crippen molar-refractivity contribution >= 4 is 11.6 Å².